The van der Waals surface area contributed by atoms with E-state index in [4.69, 9.17) is 0 Å². The first-order chi connectivity index (χ1) is 20.8. The molecule has 8 rings (SSSR count). The molecule has 0 aliphatic rings. The highest BCUT2D eigenvalue weighted by molar-refractivity contribution is 6.11. The molecular weight excluding hydrogens is 512 g/mol. The molecule has 2 aromatic heterocycles. The number of para-hydroxylation sites is 5. The predicted molar refractivity (Wildman–Crippen MR) is 170 cm³/mol. The molecule has 0 atom stereocenters. The first-order valence-electron chi connectivity index (χ1n) is 13.8. The Morgan fingerprint density at radius 1 is 0.429 bits per heavy atom. The van der Waals surface area contributed by atoms with Crippen molar-refractivity contribution in [2.75, 3.05) is 0 Å². The third-order valence-electron chi connectivity index (χ3n) is 8.20. The van der Waals surface area contributed by atoms with Gasteiger partial charge >= 0.3 is 0 Å². The molecule has 0 radical (unpaired) electrons. The van der Waals surface area contributed by atoms with Gasteiger partial charge in [-0.05, 0) is 48.5 Å². The lowest BCUT2D eigenvalue weighted by molar-refractivity contribution is 1.15. The largest absolute Gasteiger partial charge is 0.309 e. The second kappa shape index (κ2) is 9.24. The summed E-state index contributed by atoms with van der Waals surface area (Å²) in [4.78, 5) is 0. The second-order valence-electron chi connectivity index (χ2n) is 10.4. The van der Waals surface area contributed by atoms with E-state index in [1.54, 1.807) is 0 Å². The van der Waals surface area contributed by atoms with Gasteiger partial charge in [-0.15, -0.1) is 0 Å². The molecule has 0 fully saturated rings. The van der Waals surface area contributed by atoms with Crippen molar-refractivity contribution in [2.24, 2.45) is 0 Å². The van der Waals surface area contributed by atoms with E-state index in [2.05, 4.69) is 112 Å². The Labute approximate surface area is 242 Å². The van der Waals surface area contributed by atoms with Crippen LogP contribution in [-0.4, -0.2) is 9.13 Å². The van der Waals surface area contributed by atoms with Crippen LogP contribution in [-0.2, 0) is 0 Å². The molecule has 194 valence electrons. The fraction of sp³-hybridized carbons (Fsp3) is 0. The van der Waals surface area contributed by atoms with E-state index in [1.165, 1.54) is 10.8 Å². The molecule has 0 N–H and O–H groups in total. The van der Waals surface area contributed by atoms with Crippen molar-refractivity contribution in [1.29, 1.82) is 10.5 Å². The molecule has 0 aliphatic heterocycles. The lowest BCUT2D eigenvalue weighted by Gasteiger charge is -2.19. The Morgan fingerprint density at radius 2 is 0.976 bits per heavy atom. The van der Waals surface area contributed by atoms with E-state index in [0.29, 0.717) is 11.1 Å². The molecule has 0 bridgehead atoms. The molecular formula is C38H22N4. The highest BCUT2D eigenvalue weighted by Crippen LogP contribution is 2.41. The zero-order valence-corrected chi connectivity index (χ0v) is 22.5. The van der Waals surface area contributed by atoms with Crippen LogP contribution in [0.15, 0.2) is 133 Å². The highest BCUT2D eigenvalue weighted by Gasteiger charge is 2.22. The van der Waals surface area contributed by atoms with E-state index in [-0.39, 0.29) is 0 Å². The minimum absolute atomic E-state index is 0.580. The first-order valence-corrected chi connectivity index (χ1v) is 13.8. The number of nitrogens with zero attached hydrogens (tertiary/aromatic N) is 4. The van der Waals surface area contributed by atoms with Gasteiger partial charge in [0.2, 0.25) is 0 Å². The van der Waals surface area contributed by atoms with Crippen LogP contribution in [0.3, 0.4) is 0 Å². The van der Waals surface area contributed by atoms with Crippen molar-refractivity contribution in [2.45, 2.75) is 0 Å². The second-order valence-corrected chi connectivity index (χ2v) is 10.4. The van der Waals surface area contributed by atoms with Gasteiger partial charge in [0.15, 0.2) is 0 Å². The fourth-order valence-corrected chi connectivity index (χ4v) is 6.45. The van der Waals surface area contributed by atoms with Crippen LogP contribution < -0.4 is 0 Å². The SMILES string of the molecule is N#Cc1ccc2c(c1)c1ccccc1n2-c1c(C#N)cccc1-c1ccccc1-n1c2ccccc2c2ccccc21. The summed E-state index contributed by atoms with van der Waals surface area (Å²) < 4.78 is 4.51. The van der Waals surface area contributed by atoms with Gasteiger partial charge in [0.05, 0.1) is 50.6 Å². The van der Waals surface area contributed by atoms with Gasteiger partial charge in [-0.1, -0.05) is 84.9 Å². The van der Waals surface area contributed by atoms with E-state index < -0.39 is 0 Å². The van der Waals surface area contributed by atoms with Crippen molar-refractivity contribution in [3.05, 3.63) is 145 Å². The molecule has 6 aromatic carbocycles. The molecule has 0 saturated heterocycles. The van der Waals surface area contributed by atoms with Gasteiger partial charge in [-0.2, -0.15) is 10.5 Å². The van der Waals surface area contributed by atoms with Crippen LogP contribution in [0, 0.1) is 22.7 Å². The predicted octanol–water partition coefficient (Wildman–Crippen LogP) is 9.29. The lowest BCUT2D eigenvalue weighted by Crippen LogP contribution is -2.03. The zero-order chi connectivity index (χ0) is 28.2. The van der Waals surface area contributed by atoms with Crippen molar-refractivity contribution >= 4 is 43.6 Å². The minimum Gasteiger partial charge on any atom is -0.309 e. The summed E-state index contributed by atoms with van der Waals surface area (Å²) in [6.45, 7) is 0. The summed E-state index contributed by atoms with van der Waals surface area (Å²) in [6.07, 6.45) is 0. The number of aromatic nitrogens is 2. The summed E-state index contributed by atoms with van der Waals surface area (Å²) in [5.41, 5.74) is 9.23. The maximum Gasteiger partial charge on any atom is 0.101 e. The van der Waals surface area contributed by atoms with Gasteiger partial charge in [-0.25, -0.2) is 0 Å². The Bertz CT molecular complexity index is 2390. The summed E-state index contributed by atoms with van der Waals surface area (Å²) in [7, 11) is 0. The van der Waals surface area contributed by atoms with E-state index in [0.717, 1.165) is 55.3 Å². The maximum absolute atomic E-state index is 10.4. The van der Waals surface area contributed by atoms with Crippen molar-refractivity contribution < 1.29 is 0 Å². The average molecular weight is 535 g/mol. The molecule has 0 aliphatic carbocycles. The van der Waals surface area contributed by atoms with Crippen molar-refractivity contribution in [3.8, 4) is 34.6 Å². The summed E-state index contributed by atoms with van der Waals surface area (Å²) >= 11 is 0. The number of fused-ring (bicyclic) bond motifs is 6. The topological polar surface area (TPSA) is 57.4 Å². The molecule has 42 heavy (non-hydrogen) atoms. The molecule has 4 heteroatoms. The first kappa shape index (κ1) is 23.8. The van der Waals surface area contributed by atoms with Crippen LogP contribution in [0.5, 0.6) is 0 Å². The molecule has 0 unspecified atom stereocenters. The normalized spacial score (nSPS) is 11.3. The quantitative estimate of drug-likeness (QED) is 0.227. The molecule has 4 nitrogen and oxygen atoms in total. The van der Waals surface area contributed by atoms with Gasteiger partial charge in [0, 0.05) is 32.7 Å². The number of hydrogen-bond acceptors (Lipinski definition) is 2. The Kier molecular flexibility index (Phi) is 5.22. The summed E-state index contributed by atoms with van der Waals surface area (Å²) in [5, 5.41) is 24.5. The fourth-order valence-electron chi connectivity index (χ4n) is 6.45. The van der Waals surface area contributed by atoms with Crippen LogP contribution in [0.2, 0.25) is 0 Å². The standard InChI is InChI=1S/C38H22N4/c39-23-25-20-21-37-32(22-25)30-14-4-8-19-36(30)42(37)38-26(24-40)10-9-15-31(38)29-13-3-7-18-35(29)41-33-16-5-1-11-27(33)28-12-2-6-17-34(28)41/h1-22H. The summed E-state index contributed by atoms with van der Waals surface area (Å²) in [5.74, 6) is 0. The molecule has 2 heterocycles. The van der Waals surface area contributed by atoms with Gasteiger partial charge in [0.1, 0.15) is 6.07 Å². The van der Waals surface area contributed by atoms with Gasteiger partial charge < -0.3 is 9.13 Å². The lowest BCUT2D eigenvalue weighted by atomic mass is 9.98. The number of rotatable bonds is 3. The van der Waals surface area contributed by atoms with E-state index >= 15 is 0 Å². The van der Waals surface area contributed by atoms with Crippen molar-refractivity contribution in [1.82, 2.24) is 9.13 Å². The van der Waals surface area contributed by atoms with E-state index in [9.17, 15) is 10.5 Å². The average Bonchev–Trinajstić information content (AvgIpc) is 3.57. The minimum atomic E-state index is 0.580. The Morgan fingerprint density at radius 3 is 1.64 bits per heavy atom. The number of benzene rings is 6. The monoisotopic (exact) mass is 534 g/mol. The smallest absolute Gasteiger partial charge is 0.101 e. The molecule has 0 spiro atoms. The number of hydrogen-bond donors (Lipinski definition) is 0. The summed E-state index contributed by atoms with van der Waals surface area (Å²) in [6, 6.07) is 50.1. The third-order valence-corrected chi connectivity index (χ3v) is 8.20. The molecule has 0 saturated carbocycles. The molecule has 8 aromatic rings. The molecule has 0 amide bonds. The zero-order valence-electron chi connectivity index (χ0n) is 22.5. The third kappa shape index (κ3) is 3.33. The van der Waals surface area contributed by atoms with Crippen molar-refractivity contribution in [3.63, 3.8) is 0 Å². The highest BCUT2D eigenvalue weighted by atomic mass is 15.0. The van der Waals surface area contributed by atoms with Crippen LogP contribution in [0.1, 0.15) is 11.1 Å². The van der Waals surface area contributed by atoms with E-state index in [1.807, 2.05) is 42.5 Å². The van der Waals surface area contributed by atoms with Crippen LogP contribution >= 0.6 is 0 Å². The van der Waals surface area contributed by atoms with Crippen LogP contribution in [0.25, 0.3) is 66.1 Å². The van der Waals surface area contributed by atoms with Gasteiger partial charge in [0.25, 0.3) is 0 Å². The Hall–Kier alpha value is -6.10. The van der Waals surface area contributed by atoms with Gasteiger partial charge in [-0.3, -0.25) is 0 Å². The Balaban J connectivity index is 1.50. The number of nitriles is 2. The maximum atomic E-state index is 10.4. The van der Waals surface area contributed by atoms with Crippen LogP contribution in [0.4, 0.5) is 0 Å².